The molecule has 0 radical (unpaired) electrons. The van der Waals surface area contributed by atoms with Crippen LogP contribution in [0.2, 0.25) is 0 Å². The van der Waals surface area contributed by atoms with Gasteiger partial charge in [0.1, 0.15) is 5.65 Å². The lowest BCUT2D eigenvalue weighted by Gasteiger charge is -2.16. The number of rotatable bonds is 6. The van der Waals surface area contributed by atoms with E-state index in [1.807, 2.05) is 40.7 Å². The molecule has 0 aliphatic heterocycles. The molecule has 5 nitrogen and oxygen atoms in total. The summed E-state index contributed by atoms with van der Waals surface area (Å²) in [6.45, 7) is 0.860. The number of carbonyl (C=O) groups is 1. The van der Waals surface area contributed by atoms with Crippen LogP contribution in [0.4, 0.5) is 5.82 Å². The van der Waals surface area contributed by atoms with Crippen LogP contribution < -0.4 is 4.90 Å². The molecule has 0 bridgehead atoms. The molecule has 0 aliphatic carbocycles. The molecule has 2 rings (SSSR count). The molecule has 0 fully saturated rings. The highest BCUT2D eigenvalue weighted by molar-refractivity contribution is 7.98. The number of thioether (sulfide) groups is 1. The molecule has 2 aromatic rings. The fourth-order valence-corrected chi connectivity index (χ4v) is 2.38. The van der Waals surface area contributed by atoms with Crippen LogP contribution in [0, 0.1) is 0 Å². The molecule has 0 unspecified atom stereocenters. The predicted molar refractivity (Wildman–Crippen MR) is 83.5 cm³/mol. The summed E-state index contributed by atoms with van der Waals surface area (Å²) < 4.78 is 1.89. The molecule has 2 aromatic heterocycles. The predicted octanol–water partition coefficient (Wildman–Crippen LogP) is 2.23. The third-order valence-electron chi connectivity index (χ3n) is 2.92. The van der Waals surface area contributed by atoms with Gasteiger partial charge in [-0.15, -0.1) is 0 Å². The molecule has 20 heavy (non-hydrogen) atoms. The van der Waals surface area contributed by atoms with E-state index >= 15 is 0 Å². The van der Waals surface area contributed by atoms with Gasteiger partial charge in [-0.25, -0.2) is 9.78 Å². The average Bonchev–Trinajstić information content (AvgIpc) is 2.81. The van der Waals surface area contributed by atoms with Gasteiger partial charge in [-0.2, -0.15) is 11.8 Å². The summed E-state index contributed by atoms with van der Waals surface area (Å²) in [5.74, 6) is 0.822. The number of hydrogen-bond acceptors (Lipinski definition) is 4. The zero-order valence-corrected chi connectivity index (χ0v) is 12.3. The summed E-state index contributed by atoms with van der Waals surface area (Å²) in [5, 5.41) is 8.82. The Kier molecular flexibility index (Phi) is 4.68. The first kappa shape index (κ1) is 14.5. The Hall–Kier alpha value is -1.95. The second-order valence-electron chi connectivity index (χ2n) is 4.34. The zero-order chi connectivity index (χ0) is 14.5. The van der Waals surface area contributed by atoms with Crippen molar-refractivity contribution in [1.29, 1.82) is 0 Å². The van der Waals surface area contributed by atoms with E-state index in [0.717, 1.165) is 35.5 Å². The van der Waals surface area contributed by atoms with Crippen molar-refractivity contribution in [1.82, 2.24) is 9.38 Å². The number of carboxylic acids is 1. The van der Waals surface area contributed by atoms with Crippen molar-refractivity contribution < 1.29 is 9.90 Å². The first-order valence-electron chi connectivity index (χ1n) is 6.21. The van der Waals surface area contributed by atoms with Crippen LogP contribution in [-0.2, 0) is 4.79 Å². The van der Waals surface area contributed by atoms with Crippen LogP contribution in [0.25, 0.3) is 11.7 Å². The largest absolute Gasteiger partial charge is 0.478 e. The van der Waals surface area contributed by atoms with Crippen molar-refractivity contribution in [2.75, 3.05) is 30.5 Å². The van der Waals surface area contributed by atoms with E-state index in [9.17, 15) is 4.79 Å². The summed E-state index contributed by atoms with van der Waals surface area (Å²) in [6.07, 6.45) is 6.67. The van der Waals surface area contributed by atoms with Crippen LogP contribution in [0.3, 0.4) is 0 Å². The number of nitrogens with zero attached hydrogens (tertiary/aromatic N) is 3. The van der Waals surface area contributed by atoms with Gasteiger partial charge in [0.05, 0.1) is 5.69 Å². The second-order valence-corrected chi connectivity index (χ2v) is 5.32. The molecule has 0 spiro atoms. The lowest BCUT2D eigenvalue weighted by atomic mass is 10.3. The maximum Gasteiger partial charge on any atom is 0.328 e. The van der Waals surface area contributed by atoms with Crippen molar-refractivity contribution in [3.63, 3.8) is 0 Å². The Labute approximate surface area is 121 Å². The summed E-state index contributed by atoms with van der Waals surface area (Å²) in [7, 11) is 1.97. The Morgan fingerprint density at radius 3 is 3.05 bits per heavy atom. The van der Waals surface area contributed by atoms with Gasteiger partial charge < -0.3 is 10.0 Å². The number of pyridine rings is 1. The Bertz CT molecular complexity index is 636. The van der Waals surface area contributed by atoms with Crippen LogP contribution in [0.1, 0.15) is 5.69 Å². The molecular weight excluding hydrogens is 274 g/mol. The molecule has 0 aromatic carbocycles. The van der Waals surface area contributed by atoms with Gasteiger partial charge in [0.2, 0.25) is 0 Å². The van der Waals surface area contributed by atoms with Crippen molar-refractivity contribution in [2.24, 2.45) is 0 Å². The van der Waals surface area contributed by atoms with E-state index in [1.165, 1.54) is 0 Å². The molecule has 0 aliphatic rings. The minimum Gasteiger partial charge on any atom is -0.478 e. The standard InChI is InChI=1S/C14H17N3O2S/c1-16(9-10-20-2)14-11(6-7-13(18)19)17-8-4-3-5-12(17)15-14/h3-8H,9-10H2,1-2H3,(H,18,19)/b7-6+. The number of aromatic nitrogens is 2. The van der Waals surface area contributed by atoms with E-state index in [0.29, 0.717) is 0 Å². The quantitative estimate of drug-likeness (QED) is 0.827. The van der Waals surface area contributed by atoms with Gasteiger partial charge in [-0.1, -0.05) is 6.07 Å². The number of anilines is 1. The molecule has 0 saturated heterocycles. The van der Waals surface area contributed by atoms with Crippen molar-refractivity contribution >= 4 is 35.3 Å². The Balaban J connectivity index is 2.46. The number of carboxylic acid groups (broad SMARTS) is 1. The minimum atomic E-state index is -0.964. The molecule has 0 atom stereocenters. The normalized spacial score (nSPS) is 11.3. The highest BCUT2D eigenvalue weighted by Crippen LogP contribution is 2.22. The number of aliphatic carboxylic acids is 1. The molecule has 2 heterocycles. The van der Waals surface area contributed by atoms with E-state index in [4.69, 9.17) is 5.11 Å². The number of fused-ring (bicyclic) bond motifs is 1. The maximum atomic E-state index is 10.8. The lowest BCUT2D eigenvalue weighted by molar-refractivity contribution is -0.131. The smallest absolute Gasteiger partial charge is 0.328 e. The van der Waals surface area contributed by atoms with Crippen molar-refractivity contribution in [3.8, 4) is 0 Å². The molecule has 6 heteroatoms. The highest BCUT2D eigenvalue weighted by atomic mass is 32.2. The molecule has 0 amide bonds. The monoisotopic (exact) mass is 291 g/mol. The first-order chi connectivity index (χ1) is 9.63. The van der Waals surface area contributed by atoms with Gasteiger partial charge in [-0.05, 0) is 24.5 Å². The number of hydrogen-bond donors (Lipinski definition) is 1. The summed E-state index contributed by atoms with van der Waals surface area (Å²) in [4.78, 5) is 17.4. The third kappa shape index (κ3) is 3.14. The summed E-state index contributed by atoms with van der Waals surface area (Å²) in [5.41, 5.74) is 1.59. The molecule has 106 valence electrons. The van der Waals surface area contributed by atoms with Crippen LogP contribution in [-0.4, -0.2) is 46.1 Å². The van der Waals surface area contributed by atoms with Crippen LogP contribution >= 0.6 is 11.8 Å². The fraction of sp³-hybridized carbons (Fsp3) is 0.286. The van der Waals surface area contributed by atoms with E-state index < -0.39 is 5.97 Å². The van der Waals surface area contributed by atoms with E-state index in [2.05, 4.69) is 11.2 Å². The van der Waals surface area contributed by atoms with Crippen molar-refractivity contribution in [2.45, 2.75) is 0 Å². The van der Waals surface area contributed by atoms with Gasteiger partial charge >= 0.3 is 5.97 Å². The van der Waals surface area contributed by atoms with Gasteiger partial charge in [0, 0.05) is 31.6 Å². The third-order valence-corrected chi connectivity index (χ3v) is 3.51. The second kappa shape index (κ2) is 6.47. The fourth-order valence-electron chi connectivity index (χ4n) is 1.92. The SMILES string of the molecule is CSCCN(C)c1nc2ccccn2c1/C=C/C(=O)O. The van der Waals surface area contributed by atoms with Crippen molar-refractivity contribution in [3.05, 3.63) is 36.2 Å². The highest BCUT2D eigenvalue weighted by Gasteiger charge is 2.13. The van der Waals surface area contributed by atoms with Gasteiger partial charge in [0.25, 0.3) is 0 Å². The zero-order valence-electron chi connectivity index (χ0n) is 11.5. The topological polar surface area (TPSA) is 57.8 Å². The first-order valence-corrected chi connectivity index (χ1v) is 7.61. The molecular formula is C14H17N3O2S. The average molecular weight is 291 g/mol. The lowest BCUT2D eigenvalue weighted by Crippen LogP contribution is -2.21. The van der Waals surface area contributed by atoms with E-state index in [-0.39, 0.29) is 0 Å². The molecule has 1 N–H and O–H groups in total. The van der Waals surface area contributed by atoms with E-state index in [1.54, 1.807) is 17.8 Å². The van der Waals surface area contributed by atoms with Gasteiger partial charge in [-0.3, -0.25) is 4.40 Å². The molecule has 0 saturated carbocycles. The maximum absolute atomic E-state index is 10.8. The Morgan fingerprint density at radius 2 is 2.35 bits per heavy atom. The number of imidazole rings is 1. The minimum absolute atomic E-state index is 0.784. The van der Waals surface area contributed by atoms with Crippen LogP contribution in [0.15, 0.2) is 30.5 Å². The Morgan fingerprint density at radius 1 is 1.55 bits per heavy atom. The summed E-state index contributed by atoms with van der Waals surface area (Å²) in [6, 6.07) is 5.72. The van der Waals surface area contributed by atoms with Crippen LogP contribution in [0.5, 0.6) is 0 Å². The van der Waals surface area contributed by atoms with Gasteiger partial charge in [0.15, 0.2) is 5.82 Å². The summed E-state index contributed by atoms with van der Waals surface area (Å²) >= 11 is 1.77.